The molecule has 3 N–H and O–H groups in total. The van der Waals surface area contributed by atoms with Gasteiger partial charge in [-0.05, 0) is 38.3 Å². The Morgan fingerprint density at radius 1 is 1.64 bits per heavy atom. The lowest BCUT2D eigenvalue weighted by molar-refractivity contribution is -0.121. The molecule has 1 aliphatic heterocycles. The number of likely N-dealkylation sites (tertiary alicyclic amines) is 1. The Morgan fingerprint density at radius 3 is 3.07 bits per heavy atom. The molecule has 1 atom stereocenters. The van der Waals surface area contributed by atoms with Gasteiger partial charge in [-0.2, -0.15) is 0 Å². The quantitative estimate of drug-likeness (QED) is 0.393. The summed E-state index contributed by atoms with van der Waals surface area (Å²) < 4.78 is 0. The van der Waals surface area contributed by atoms with Gasteiger partial charge in [0.15, 0.2) is 0 Å². The van der Waals surface area contributed by atoms with Crippen molar-refractivity contribution in [1.82, 2.24) is 10.3 Å². The zero-order chi connectivity index (χ0) is 10.4. The van der Waals surface area contributed by atoms with Gasteiger partial charge in [-0.3, -0.25) is 10.2 Å². The van der Waals surface area contributed by atoms with E-state index in [0.29, 0.717) is 6.42 Å². The van der Waals surface area contributed by atoms with E-state index in [1.54, 1.807) is 0 Å². The number of nitrogens with zero attached hydrogens (tertiary/aromatic N) is 1. The van der Waals surface area contributed by atoms with Gasteiger partial charge in [0.25, 0.3) is 0 Å². The van der Waals surface area contributed by atoms with Crippen LogP contribution in [-0.2, 0) is 4.79 Å². The minimum atomic E-state index is -0.0601. The summed E-state index contributed by atoms with van der Waals surface area (Å²) in [6.45, 7) is 5.69. The van der Waals surface area contributed by atoms with Crippen LogP contribution in [0.3, 0.4) is 0 Å². The standard InChI is InChI=1S/C10H21N3O/c1-9-4-2-6-13(8-9)7-3-5-10(14)12-11/h9H,2-8,11H2,1H3,(H,12,14)/t9-/m0/s1. The van der Waals surface area contributed by atoms with Gasteiger partial charge >= 0.3 is 0 Å². The van der Waals surface area contributed by atoms with Crippen molar-refractivity contribution in [3.63, 3.8) is 0 Å². The number of piperidine rings is 1. The number of carbonyl (C=O) groups is 1. The number of hydrazine groups is 1. The van der Waals surface area contributed by atoms with Crippen LogP contribution < -0.4 is 11.3 Å². The predicted octanol–water partition coefficient (Wildman–Crippen LogP) is 0.488. The fourth-order valence-corrected chi connectivity index (χ4v) is 2.03. The van der Waals surface area contributed by atoms with Crippen LogP contribution in [0.25, 0.3) is 0 Å². The summed E-state index contributed by atoms with van der Waals surface area (Å²) in [4.78, 5) is 13.3. The summed E-state index contributed by atoms with van der Waals surface area (Å²) in [5, 5.41) is 0. The monoisotopic (exact) mass is 199 g/mol. The number of hydrogen-bond donors (Lipinski definition) is 2. The van der Waals surface area contributed by atoms with Crippen molar-refractivity contribution in [1.29, 1.82) is 0 Å². The zero-order valence-corrected chi connectivity index (χ0v) is 8.96. The first-order valence-corrected chi connectivity index (χ1v) is 5.44. The Kier molecular flexibility index (Phi) is 4.90. The molecule has 0 radical (unpaired) electrons. The van der Waals surface area contributed by atoms with Crippen molar-refractivity contribution in [2.45, 2.75) is 32.6 Å². The molecule has 0 unspecified atom stereocenters. The largest absolute Gasteiger partial charge is 0.303 e. The van der Waals surface area contributed by atoms with E-state index in [9.17, 15) is 4.79 Å². The third-order valence-electron chi connectivity index (χ3n) is 2.78. The summed E-state index contributed by atoms with van der Waals surface area (Å²) >= 11 is 0. The Morgan fingerprint density at radius 2 is 2.43 bits per heavy atom. The SMILES string of the molecule is C[C@H]1CCCN(CCCC(=O)NN)C1. The lowest BCUT2D eigenvalue weighted by Crippen LogP contribution is -2.36. The van der Waals surface area contributed by atoms with Crippen molar-refractivity contribution in [2.75, 3.05) is 19.6 Å². The highest BCUT2D eigenvalue weighted by molar-refractivity contribution is 5.75. The van der Waals surface area contributed by atoms with Crippen molar-refractivity contribution >= 4 is 5.91 Å². The van der Waals surface area contributed by atoms with Crippen LogP contribution in [0.2, 0.25) is 0 Å². The topological polar surface area (TPSA) is 58.4 Å². The molecule has 1 fully saturated rings. The Balaban J connectivity index is 2.08. The molecule has 0 bridgehead atoms. The van der Waals surface area contributed by atoms with Crippen molar-refractivity contribution in [3.8, 4) is 0 Å². The molecule has 0 aromatic rings. The second kappa shape index (κ2) is 5.98. The van der Waals surface area contributed by atoms with Gasteiger partial charge in [-0.1, -0.05) is 6.92 Å². The van der Waals surface area contributed by atoms with E-state index in [1.807, 2.05) is 0 Å². The molecule has 4 heteroatoms. The second-order valence-corrected chi connectivity index (χ2v) is 4.22. The molecule has 1 amide bonds. The summed E-state index contributed by atoms with van der Waals surface area (Å²) in [6, 6.07) is 0. The number of rotatable bonds is 4. The smallest absolute Gasteiger partial charge is 0.233 e. The maximum atomic E-state index is 10.9. The Labute approximate surface area is 85.8 Å². The second-order valence-electron chi connectivity index (χ2n) is 4.22. The first kappa shape index (κ1) is 11.5. The first-order valence-electron chi connectivity index (χ1n) is 5.44. The highest BCUT2D eigenvalue weighted by Gasteiger charge is 2.15. The molecule has 1 saturated heterocycles. The predicted molar refractivity (Wildman–Crippen MR) is 56.4 cm³/mol. The zero-order valence-electron chi connectivity index (χ0n) is 8.96. The van der Waals surface area contributed by atoms with E-state index in [4.69, 9.17) is 5.84 Å². The molecule has 0 aromatic carbocycles. The average molecular weight is 199 g/mol. The van der Waals surface area contributed by atoms with Crippen molar-refractivity contribution < 1.29 is 4.79 Å². The molecular formula is C10H21N3O. The van der Waals surface area contributed by atoms with Gasteiger partial charge in [0.05, 0.1) is 0 Å². The third-order valence-corrected chi connectivity index (χ3v) is 2.78. The average Bonchev–Trinajstić information content (AvgIpc) is 2.17. The first-order chi connectivity index (χ1) is 6.72. The Hall–Kier alpha value is -0.610. The van der Waals surface area contributed by atoms with Crippen LogP contribution >= 0.6 is 0 Å². The van der Waals surface area contributed by atoms with E-state index in [2.05, 4.69) is 17.2 Å². The molecule has 82 valence electrons. The van der Waals surface area contributed by atoms with Crippen LogP contribution in [0.4, 0.5) is 0 Å². The molecular weight excluding hydrogens is 178 g/mol. The maximum Gasteiger partial charge on any atom is 0.233 e. The van der Waals surface area contributed by atoms with Crippen molar-refractivity contribution in [3.05, 3.63) is 0 Å². The molecule has 0 aliphatic carbocycles. The van der Waals surface area contributed by atoms with Crippen LogP contribution in [0.5, 0.6) is 0 Å². The van der Waals surface area contributed by atoms with Gasteiger partial charge < -0.3 is 4.90 Å². The van der Waals surface area contributed by atoms with Gasteiger partial charge in [0.1, 0.15) is 0 Å². The summed E-state index contributed by atoms with van der Waals surface area (Å²) in [6.07, 6.45) is 4.10. The highest BCUT2D eigenvalue weighted by atomic mass is 16.2. The van der Waals surface area contributed by atoms with E-state index < -0.39 is 0 Å². The summed E-state index contributed by atoms with van der Waals surface area (Å²) in [7, 11) is 0. The minimum absolute atomic E-state index is 0.0601. The van der Waals surface area contributed by atoms with Crippen LogP contribution in [0, 0.1) is 5.92 Å². The molecule has 0 aromatic heterocycles. The third kappa shape index (κ3) is 4.07. The molecule has 1 rings (SSSR count). The molecule has 1 heterocycles. The number of nitrogens with two attached hydrogens (primary N) is 1. The molecule has 0 saturated carbocycles. The summed E-state index contributed by atoms with van der Waals surface area (Å²) in [5.74, 6) is 5.75. The van der Waals surface area contributed by atoms with Gasteiger partial charge in [-0.15, -0.1) is 0 Å². The maximum absolute atomic E-state index is 10.9. The lowest BCUT2D eigenvalue weighted by atomic mass is 10.0. The highest BCUT2D eigenvalue weighted by Crippen LogP contribution is 2.15. The van der Waals surface area contributed by atoms with Crippen LogP contribution in [0.15, 0.2) is 0 Å². The lowest BCUT2D eigenvalue weighted by Gasteiger charge is -2.30. The van der Waals surface area contributed by atoms with E-state index in [0.717, 1.165) is 18.9 Å². The van der Waals surface area contributed by atoms with Crippen molar-refractivity contribution in [2.24, 2.45) is 11.8 Å². The molecule has 4 nitrogen and oxygen atoms in total. The van der Waals surface area contributed by atoms with Gasteiger partial charge in [0.2, 0.25) is 5.91 Å². The summed E-state index contributed by atoms with van der Waals surface area (Å²) in [5.41, 5.74) is 2.15. The number of carbonyl (C=O) groups excluding carboxylic acids is 1. The van der Waals surface area contributed by atoms with Crippen LogP contribution in [0.1, 0.15) is 32.6 Å². The van der Waals surface area contributed by atoms with E-state index in [1.165, 1.54) is 25.9 Å². The van der Waals surface area contributed by atoms with E-state index >= 15 is 0 Å². The molecule has 14 heavy (non-hydrogen) atoms. The van der Waals surface area contributed by atoms with Gasteiger partial charge in [0, 0.05) is 13.0 Å². The number of hydrogen-bond acceptors (Lipinski definition) is 3. The van der Waals surface area contributed by atoms with Gasteiger partial charge in [-0.25, -0.2) is 5.84 Å². The molecule has 1 aliphatic rings. The molecule has 0 spiro atoms. The minimum Gasteiger partial charge on any atom is -0.303 e. The number of amides is 1. The van der Waals surface area contributed by atoms with E-state index in [-0.39, 0.29) is 5.91 Å². The normalized spacial score (nSPS) is 23.4. The van der Waals surface area contributed by atoms with Crippen LogP contribution in [-0.4, -0.2) is 30.4 Å². The Bertz CT molecular complexity index is 184. The fourth-order valence-electron chi connectivity index (χ4n) is 2.03. The number of nitrogens with one attached hydrogen (secondary N) is 1. The fraction of sp³-hybridized carbons (Fsp3) is 0.900.